The van der Waals surface area contributed by atoms with Gasteiger partial charge in [0.05, 0.1) is 6.20 Å². The molecule has 0 aliphatic heterocycles. The Hall–Kier alpha value is -1.91. The van der Waals surface area contributed by atoms with E-state index in [0.717, 1.165) is 16.7 Å². The molecule has 0 spiro atoms. The molecule has 12 heavy (non-hydrogen) atoms. The molecule has 0 unspecified atom stereocenters. The minimum Gasteiger partial charge on any atom is -0.265 e. The van der Waals surface area contributed by atoms with Gasteiger partial charge in [-0.25, -0.2) is 0 Å². The minimum absolute atomic E-state index is 0.826. The van der Waals surface area contributed by atoms with Crippen molar-refractivity contribution < 1.29 is 0 Å². The fraction of sp³-hybridized carbons (Fsp3) is 0. The van der Waals surface area contributed by atoms with Crippen LogP contribution in [0.15, 0.2) is 24.7 Å². The van der Waals surface area contributed by atoms with E-state index in [1.54, 1.807) is 12.5 Å². The fourth-order valence-electron chi connectivity index (χ4n) is 1.30. The van der Waals surface area contributed by atoms with Crippen molar-refractivity contribution in [3.63, 3.8) is 0 Å². The van der Waals surface area contributed by atoms with Crippen LogP contribution in [-0.2, 0) is 0 Å². The predicted molar refractivity (Wildman–Crippen MR) is 42.6 cm³/mol. The topological polar surface area (TPSA) is 58.9 Å². The van der Waals surface area contributed by atoms with E-state index in [1.807, 2.05) is 16.5 Å². The Morgan fingerprint density at radius 2 is 2.33 bits per heavy atom. The van der Waals surface area contributed by atoms with E-state index in [4.69, 9.17) is 0 Å². The van der Waals surface area contributed by atoms with Crippen LogP contribution < -0.4 is 0 Å². The van der Waals surface area contributed by atoms with Gasteiger partial charge in [-0.3, -0.25) is 9.50 Å². The molecule has 0 aliphatic carbocycles. The number of aromatic amines is 1. The van der Waals surface area contributed by atoms with E-state index < -0.39 is 0 Å². The first kappa shape index (κ1) is 5.70. The highest BCUT2D eigenvalue weighted by Crippen LogP contribution is 2.11. The van der Waals surface area contributed by atoms with Crippen molar-refractivity contribution in [1.29, 1.82) is 0 Å². The Kier molecular flexibility index (Phi) is 0.864. The molecule has 0 atom stereocenters. The monoisotopic (exact) mass is 159 g/mol. The maximum atomic E-state index is 3.93. The van der Waals surface area contributed by atoms with Crippen LogP contribution in [0.3, 0.4) is 0 Å². The summed E-state index contributed by atoms with van der Waals surface area (Å²) in [6.45, 7) is 0. The largest absolute Gasteiger partial charge is 0.265 e. The first-order valence-electron chi connectivity index (χ1n) is 3.57. The van der Waals surface area contributed by atoms with Crippen LogP contribution in [0.1, 0.15) is 0 Å². The highest BCUT2D eigenvalue weighted by molar-refractivity contribution is 5.77. The third kappa shape index (κ3) is 0.554. The molecule has 5 nitrogen and oxygen atoms in total. The zero-order valence-electron chi connectivity index (χ0n) is 6.10. The Morgan fingerprint density at radius 3 is 3.33 bits per heavy atom. The lowest BCUT2D eigenvalue weighted by Crippen LogP contribution is -1.84. The van der Waals surface area contributed by atoms with Crippen LogP contribution in [0, 0.1) is 0 Å². The van der Waals surface area contributed by atoms with Crippen molar-refractivity contribution in [1.82, 2.24) is 24.8 Å². The van der Waals surface area contributed by atoms with E-state index in [2.05, 4.69) is 20.4 Å². The van der Waals surface area contributed by atoms with Crippen LogP contribution in [-0.4, -0.2) is 24.8 Å². The Balaban J connectivity index is 2.71. The highest BCUT2D eigenvalue weighted by Gasteiger charge is 2.00. The van der Waals surface area contributed by atoms with E-state index in [0.29, 0.717) is 0 Å². The summed E-state index contributed by atoms with van der Waals surface area (Å²) in [5.74, 6) is 0. The zero-order chi connectivity index (χ0) is 7.97. The maximum absolute atomic E-state index is 3.93. The summed E-state index contributed by atoms with van der Waals surface area (Å²) in [6, 6.07) is 3.87. The lowest BCUT2D eigenvalue weighted by Gasteiger charge is -1.91. The Labute approximate surface area is 67.0 Å². The van der Waals surface area contributed by atoms with Crippen molar-refractivity contribution in [3.8, 4) is 0 Å². The average molecular weight is 159 g/mol. The molecule has 3 rings (SSSR count). The second-order valence-corrected chi connectivity index (χ2v) is 2.57. The fourth-order valence-corrected chi connectivity index (χ4v) is 1.30. The number of hydrogen-bond acceptors (Lipinski definition) is 3. The Bertz CT molecular complexity index is 485. The van der Waals surface area contributed by atoms with Gasteiger partial charge >= 0.3 is 0 Å². The molecular weight excluding hydrogens is 154 g/mol. The number of pyridine rings is 1. The van der Waals surface area contributed by atoms with Crippen molar-refractivity contribution in [2.24, 2.45) is 0 Å². The number of fused-ring (bicyclic) bond motifs is 3. The first-order chi connectivity index (χ1) is 5.95. The molecule has 0 amide bonds. The average Bonchev–Trinajstić information content (AvgIpc) is 2.71. The summed E-state index contributed by atoms with van der Waals surface area (Å²) >= 11 is 0. The summed E-state index contributed by atoms with van der Waals surface area (Å²) in [6.07, 6.45) is 3.44. The number of rotatable bonds is 0. The van der Waals surface area contributed by atoms with Crippen LogP contribution in [0.25, 0.3) is 16.7 Å². The molecule has 0 aliphatic rings. The van der Waals surface area contributed by atoms with Gasteiger partial charge in [-0.15, -0.1) is 10.2 Å². The third-order valence-corrected chi connectivity index (χ3v) is 1.87. The SMILES string of the molecule is c1cc2nncn2c2[nH]ncc12. The number of H-pyrrole nitrogens is 1. The summed E-state index contributed by atoms with van der Waals surface area (Å²) in [5, 5.41) is 15.6. The molecular formula is C7H5N5. The molecule has 1 N–H and O–H groups in total. The zero-order valence-corrected chi connectivity index (χ0v) is 6.10. The lowest BCUT2D eigenvalue weighted by molar-refractivity contribution is 1.07. The molecule has 58 valence electrons. The van der Waals surface area contributed by atoms with Crippen molar-refractivity contribution >= 4 is 16.7 Å². The normalized spacial score (nSPS) is 11.3. The van der Waals surface area contributed by atoms with Crippen molar-refractivity contribution in [2.75, 3.05) is 0 Å². The molecule has 0 bridgehead atoms. The molecule has 0 radical (unpaired) electrons. The maximum Gasteiger partial charge on any atom is 0.162 e. The molecule has 3 aromatic heterocycles. The van der Waals surface area contributed by atoms with Crippen LogP contribution in [0.2, 0.25) is 0 Å². The van der Waals surface area contributed by atoms with Crippen molar-refractivity contribution in [2.45, 2.75) is 0 Å². The smallest absolute Gasteiger partial charge is 0.162 e. The van der Waals surface area contributed by atoms with E-state index >= 15 is 0 Å². The summed E-state index contributed by atoms with van der Waals surface area (Å²) in [7, 11) is 0. The van der Waals surface area contributed by atoms with Crippen LogP contribution >= 0.6 is 0 Å². The predicted octanol–water partition coefficient (Wildman–Crippen LogP) is 0.606. The van der Waals surface area contributed by atoms with Gasteiger partial charge in [-0.2, -0.15) is 5.10 Å². The van der Waals surface area contributed by atoms with Crippen molar-refractivity contribution in [3.05, 3.63) is 24.7 Å². The number of nitrogens with zero attached hydrogens (tertiary/aromatic N) is 4. The summed E-state index contributed by atoms with van der Waals surface area (Å²) in [5.41, 5.74) is 1.75. The summed E-state index contributed by atoms with van der Waals surface area (Å²) < 4.78 is 1.86. The second kappa shape index (κ2) is 1.82. The van der Waals surface area contributed by atoms with E-state index in [1.165, 1.54) is 0 Å². The molecule has 0 saturated heterocycles. The third-order valence-electron chi connectivity index (χ3n) is 1.87. The molecule has 3 aromatic rings. The van der Waals surface area contributed by atoms with Gasteiger partial charge in [0.15, 0.2) is 5.65 Å². The quantitative estimate of drug-likeness (QED) is 0.522. The van der Waals surface area contributed by atoms with Gasteiger partial charge in [0.25, 0.3) is 0 Å². The van der Waals surface area contributed by atoms with E-state index in [9.17, 15) is 0 Å². The second-order valence-electron chi connectivity index (χ2n) is 2.57. The molecule has 0 aromatic carbocycles. The highest BCUT2D eigenvalue weighted by atomic mass is 15.3. The number of hydrogen-bond donors (Lipinski definition) is 1. The standard InChI is InChI=1S/C7H5N5/c1-2-6-10-9-4-12(6)7-5(1)3-8-11-7/h1-4H,(H,8,11). The van der Waals surface area contributed by atoms with Gasteiger partial charge < -0.3 is 0 Å². The van der Waals surface area contributed by atoms with Gasteiger partial charge in [-0.1, -0.05) is 0 Å². The Morgan fingerprint density at radius 1 is 1.33 bits per heavy atom. The van der Waals surface area contributed by atoms with Gasteiger partial charge in [-0.05, 0) is 12.1 Å². The molecule has 5 heteroatoms. The first-order valence-corrected chi connectivity index (χ1v) is 3.57. The van der Waals surface area contributed by atoms with E-state index in [-0.39, 0.29) is 0 Å². The lowest BCUT2D eigenvalue weighted by atomic mass is 10.3. The summed E-state index contributed by atoms with van der Waals surface area (Å²) in [4.78, 5) is 0. The molecule has 0 saturated carbocycles. The number of aromatic nitrogens is 5. The van der Waals surface area contributed by atoms with Gasteiger partial charge in [0.2, 0.25) is 0 Å². The van der Waals surface area contributed by atoms with Gasteiger partial charge in [0.1, 0.15) is 12.0 Å². The minimum atomic E-state index is 0.826. The number of nitrogens with one attached hydrogen (secondary N) is 1. The van der Waals surface area contributed by atoms with Crippen LogP contribution in [0.5, 0.6) is 0 Å². The van der Waals surface area contributed by atoms with Crippen LogP contribution in [0.4, 0.5) is 0 Å². The molecule has 3 heterocycles. The van der Waals surface area contributed by atoms with Gasteiger partial charge in [0, 0.05) is 5.39 Å². The molecule has 0 fully saturated rings.